The molecule has 0 saturated carbocycles. The minimum Gasteiger partial charge on any atom is -0.497 e. The molecule has 1 heterocycles. The topological polar surface area (TPSA) is 59.9 Å². The summed E-state index contributed by atoms with van der Waals surface area (Å²) in [6.45, 7) is 2.03. The number of nitrogens with zero attached hydrogens (tertiary/aromatic N) is 3. The van der Waals surface area contributed by atoms with Crippen molar-refractivity contribution in [3.8, 4) is 17.0 Å². The van der Waals surface area contributed by atoms with Gasteiger partial charge >= 0.3 is 0 Å². The van der Waals surface area contributed by atoms with Crippen LogP contribution in [-0.2, 0) is 0 Å². The summed E-state index contributed by atoms with van der Waals surface area (Å²) < 4.78 is 5.26. The highest BCUT2D eigenvalue weighted by molar-refractivity contribution is 6.30. The first-order valence-corrected chi connectivity index (χ1v) is 7.89. The van der Waals surface area contributed by atoms with Gasteiger partial charge in [-0.25, -0.2) is 4.98 Å². The van der Waals surface area contributed by atoms with Gasteiger partial charge in [-0.2, -0.15) is 5.10 Å². The van der Waals surface area contributed by atoms with E-state index in [2.05, 4.69) is 20.5 Å². The predicted octanol–water partition coefficient (Wildman–Crippen LogP) is 4.37. The highest BCUT2D eigenvalue weighted by Crippen LogP contribution is 2.23. The van der Waals surface area contributed by atoms with E-state index in [1.54, 1.807) is 13.3 Å². The molecule has 0 aliphatic heterocycles. The number of benzene rings is 2. The van der Waals surface area contributed by atoms with Crippen molar-refractivity contribution in [2.45, 2.75) is 13.0 Å². The number of hydrogen-bond acceptors (Lipinski definition) is 5. The molecule has 0 radical (unpaired) electrons. The smallest absolute Gasteiger partial charge is 0.243 e. The van der Waals surface area contributed by atoms with Crippen molar-refractivity contribution in [3.05, 3.63) is 65.3 Å². The summed E-state index contributed by atoms with van der Waals surface area (Å²) in [4.78, 5) is 4.52. The largest absolute Gasteiger partial charge is 0.497 e. The molecule has 0 aliphatic rings. The summed E-state index contributed by atoms with van der Waals surface area (Å²) in [5, 5.41) is 12.0. The minimum absolute atomic E-state index is 0.0161. The number of ether oxygens (including phenoxy) is 1. The Morgan fingerprint density at radius 1 is 1.12 bits per heavy atom. The highest BCUT2D eigenvalue weighted by atomic mass is 35.5. The molecule has 5 nitrogen and oxygen atoms in total. The minimum atomic E-state index is 0.0161. The van der Waals surface area contributed by atoms with Crippen molar-refractivity contribution < 1.29 is 4.74 Å². The van der Waals surface area contributed by atoms with Crippen LogP contribution in [0, 0.1) is 0 Å². The number of hydrogen-bond donors (Lipinski definition) is 1. The van der Waals surface area contributed by atoms with Crippen molar-refractivity contribution in [1.29, 1.82) is 0 Å². The standard InChI is InChI=1S/C18H17ClN4O/c1-12(14-4-3-5-16(10-14)24-2)21-18-22-17(11-20-23-18)13-6-8-15(19)9-7-13/h3-12H,1-2H3,(H,21,22,23)/t12-/m1/s1. The molecule has 1 atom stereocenters. The van der Waals surface area contributed by atoms with Gasteiger partial charge in [0.2, 0.25) is 5.95 Å². The van der Waals surface area contributed by atoms with E-state index in [0.29, 0.717) is 11.0 Å². The predicted molar refractivity (Wildman–Crippen MR) is 95.3 cm³/mol. The van der Waals surface area contributed by atoms with Gasteiger partial charge in [-0.15, -0.1) is 5.10 Å². The van der Waals surface area contributed by atoms with Gasteiger partial charge in [0.1, 0.15) is 5.75 Å². The van der Waals surface area contributed by atoms with E-state index >= 15 is 0 Å². The Labute approximate surface area is 145 Å². The van der Waals surface area contributed by atoms with Crippen LogP contribution in [0.5, 0.6) is 5.75 Å². The van der Waals surface area contributed by atoms with Gasteiger partial charge in [0, 0.05) is 10.6 Å². The average molecular weight is 341 g/mol. The van der Waals surface area contributed by atoms with Gasteiger partial charge in [-0.05, 0) is 36.8 Å². The van der Waals surface area contributed by atoms with Crippen LogP contribution in [0.15, 0.2) is 54.7 Å². The van der Waals surface area contributed by atoms with Crippen LogP contribution in [0.3, 0.4) is 0 Å². The van der Waals surface area contributed by atoms with Gasteiger partial charge in [0.05, 0.1) is 25.0 Å². The second-order valence-corrected chi connectivity index (χ2v) is 5.75. The summed E-state index contributed by atoms with van der Waals surface area (Å²) in [6.07, 6.45) is 1.63. The van der Waals surface area contributed by atoms with E-state index in [4.69, 9.17) is 16.3 Å². The summed E-state index contributed by atoms with van der Waals surface area (Å²) in [5.74, 6) is 1.29. The molecular weight excluding hydrogens is 324 g/mol. The molecule has 0 bridgehead atoms. The van der Waals surface area contributed by atoms with E-state index < -0.39 is 0 Å². The van der Waals surface area contributed by atoms with Crippen LogP contribution in [0.4, 0.5) is 5.95 Å². The first-order chi connectivity index (χ1) is 11.7. The van der Waals surface area contributed by atoms with Crippen LogP contribution < -0.4 is 10.1 Å². The van der Waals surface area contributed by atoms with Crippen LogP contribution in [0.2, 0.25) is 5.02 Å². The van der Waals surface area contributed by atoms with Crippen molar-refractivity contribution >= 4 is 17.5 Å². The van der Waals surface area contributed by atoms with Crippen LogP contribution in [0.1, 0.15) is 18.5 Å². The molecule has 3 rings (SSSR count). The Morgan fingerprint density at radius 2 is 1.92 bits per heavy atom. The zero-order valence-corrected chi connectivity index (χ0v) is 14.2. The lowest BCUT2D eigenvalue weighted by molar-refractivity contribution is 0.414. The Hall–Kier alpha value is -2.66. The monoisotopic (exact) mass is 340 g/mol. The molecule has 2 aromatic carbocycles. The Kier molecular flexibility index (Phi) is 4.91. The molecule has 1 aromatic heterocycles. The van der Waals surface area contributed by atoms with Gasteiger partial charge in [0.15, 0.2) is 0 Å². The van der Waals surface area contributed by atoms with Crippen molar-refractivity contribution in [2.24, 2.45) is 0 Å². The lowest BCUT2D eigenvalue weighted by Crippen LogP contribution is -2.10. The zero-order chi connectivity index (χ0) is 16.9. The van der Waals surface area contributed by atoms with E-state index in [0.717, 1.165) is 22.6 Å². The van der Waals surface area contributed by atoms with Gasteiger partial charge < -0.3 is 10.1 Å². The SMILES string of the molecule is COc1cccc([C@@H](C)Nc2nncc(-c3ccc(Cl)cc3)n2)c1. The number of methoxy groups -OCH3 is 1. The highest BCUT2D eigenvalue weighted by Gasteiger charge is 2.10. The third kappa shape index (κ3) is 3.81. The fourth-order valence-electron chi connectivity index (χ4n) is 2.31. The summed E-state index contributed by atoms with van der Waals surface area (Å²) in [5.41, 5.74) is 2.75. The number of aromatic nitrogens is 3. The van der Waals surface area contributed by atoms with Gasteiger partial charge in [-0.3, -0.25) is 0 Å². The lowest BCUT2D eigenvalue weighted by atomic mass is 10.1. The summed E-state index contributed by atoms with van der Waals surface area (Å²) >= 11 is 5.92. The maximum absolute atomic E-state index is 5.92. The fourth-order valence-corrected chi connectivity index (χ4v) is 2.44. The second kappa shape index (κ2) is 7.27. The maximum Gasteiger partial charge on any atom is 0.243 e. The Balaban J connectivity index is 1.80. The number of anilines is 1. The second-order valence-electron chi connectivity index (χ2n) is 5.31. The van der Waals surface area contributed by atoms with E-state index in [-0.39, 0.29) is 6.04 Å². The molecule has 0 unspecified atom stereocenters. The third-order valence-electron chi connectivity index (χ3n) is 3.64. The molecule has 3 aromatic rings. The van der Waals surface area contributed by atoms with E-state index in [1.165, 1.54) is 0 Å². The number of nitrogens with one attached hydrogen (secondary N) is 1. The summed E-state index contributed by atoms with van der Waals surface area (Å²) in [7, 11) is 1.65. The molecule has 122 valence electrons. The zero-order valence-electron chi connectivity index (χ0n) is 13.4. The van der Waals surface area contributed by atoms with Gasteiger partial charge in [0.25, 0.3) is 0 Å². The fraction of sp³-hybridized carbons (Fsp3) is 0.167. The van der Waals surface area contributed by atoms with Crippen LogP contribution in [-0.4, -0.2) is 22.3 Å². The van der Waals surface area contributed by atoms with Gasteiger partial charge in [-0.1, -0.05) is 35.9 Å². The molecule has 0 fully saturated rings. The van der Waals surface area contributed by atoms with Crippen molar-refractivity contribution in [3.63, 3.8) is 0 Å². The van der Waals surface area contributed by atoms with Crippen molar-refractivity contribution in [1.82, 2.24) is 15.2 Å². The van der Waals surface area contributed by atoms with Crippen molar-refractivity contribution in [2.75, 3.05) is 12.4 Å². The molecular formula is C18H17ClN4O. The molecule has 0 amide bonds. The summed E-state index contributed by atoms with van der Waals surface area (Å²) in [6, 6.07) is 15.3. The maximum atomic E-state index is 5.92. The lowest BCUT2D eigenvalue weighted by Gasteiger charge is -2.15. The molecule has 0 aliphatic carbocycles. The Morgan fingerprint density at radius 3 is 2.67 bits per heavy atom. The average Bonchev–Trinajstić information content (AvgIpc) is 2.62. The van der Waals surface area contributed by atoms with E-state index in [1.807, 2.05) is 55.5 Å². The quantitative estimate of drug-likeness (QED) is 0.747. The molecule has 24 heavy (non-hydrogen) atoms. The Bertz CT molecular complexity index is 823. The number of rotatable bonds is 5. The normalized spacial score (nSPS) is 11.8. The first-order valence-electron chi connectivity index (χ1n) is 7.52. The van der Waals surface area contributed by atoms with E-state index in [9.17, 15) is 0 Å². The number of halogens is 1. The first kappa shape index (κ1) is 16.2. The molecule has 0 saturated heterocycles. The van der Waals surface area contributed by atoms with Crippen LogP contribution >= 0.6 is 11.6 Å². The molecule has 0 spiro atoms. The third-order valence-corrected chi connectivity index (χ3v) is 3.89. The molecule has 6 heteroatoms. The van der Waals surface area contributed by atoms with Crippen LogP contribution in [0.25, 0.3) is 11.3 Å². The molecule has 1 N–H and O–H groups in total.